The van der Waals surface area contributed by atoms with Gasteiger partial charge in [0.2, 0.25) is 0 Å². The van der Waals surface area contributed by atoms with Crippen molar-refractivity contribution in [3.05, 3.63) is 28.2 Å². The second kappa shape index (κ2) is 3.25. The summed E-state index contributed by atoms with van der Waals surface area (Å²) in [7, 11) is -1.28. The van der Waals surface area contributed by atoms with Gasteiger partial charge in [0.1, 0.15) is 8.07 Å². The molecule has 1 aromatic rings. The third kappa shape index (κ3) is 2.04. The van der Waals surface area contributed by atoms with Gasteiger partial charge in [0.15, 0.2) is 0 Å². The molecule has 0 unspecified atom stereocenters. The maximum Gasteiger partial charge on any atom is 0.116 e. The predicted octanol–water partition coefficient (Wildman–Crippen LogP) is 3.15. The molecule has 0 radical (unpaired) electrons. The predicted molar refractivity (Wildman–Crippen MR) is 59.3 cm³/mol. The van der Waals surface area contributed by atoms with E-state index in [9.17, 15) is 0 Å². The maximum absolute atomic E-state index is 3.87. The molecule has 1 heterocycles. The molecule has 0 aliphatic carbocycles. The summed E-state index contributed by atoms with van der Waals surface area (Å²) in [5, 5.41) is 0. The Hall–Kier alpha value is 0.137. The fourth-order valence-electron chi connectivity index (χ4n) is 0.761. The van der Waals surface area contributed by atoms with E-state index < -0.39 is 8.07 Å². The molecular formula is C8H11BrSSi. The minimum absolute atomic E-state index is 1.22. The molecule has 0 fully saturated rings. The van der Waals surface area contributed by atoms with Crippen LogP contribution in [-0.2, 0) is 0 Å². The fraction of sp³-hybridized carbons (Fsp3) is 0.250. The van der Waals surface area contributed by atoms with Crippen LogP contribution in [0.5, 0.6) is 0 Å². The molecule has 0 amide bonds. The zero-order valence-corrected chi connectivity index (χ0v) is 10.1. The monoisotopic (exact) mass is 246 g/mol. The lowest BCUT2D eigenvalue weighted by Gasteiger charge is -2.13. The van der Waals surface area contributed by atoms with Gasteiger partial charge in [-0.15, -0.1) is 17.9 Å². The van der Waals surface area contributed by atoms with E-state index in [1.54, 1.807) is 0 Å². The Morgan fingerprint density at radius 3 is 2.55 bits per heavy atom. The zero-order chi connectivity index (χ0) is 8.48. The van der Waals surface area contributed by atoms with Crippen LogP contribution < -0.4 is 4.50 Å². The quantitative estimate of drug-likeness (QED) is 0.704. The van der Waals surface area contributed by atoms with Crippen LogP contribution in [0.3, 0.4) is 0 Å². The van der Waals surface area contributed by atoms with Crippen molar-refractivity contribution in [2.75, 3.05) is 0 Å². The molecular weight excluding hydrogens is 236 g/mol. The van der Waals surface area contributed by atoms with Gasteiger partial charge in [-0.3, -0.25) is 0 Å². The molecule has 3 heteroatoms. The summed E-state index contributed by atoms with van der Waals surface area (Å²) in [5.41, 5.74) is 2.12. The summed E-state index contributed by atoms with van der Waals surface area (Å²) in [6.45, 7) is 8.48. The van der Waals surface area contributed by atoms with Crippen LogP contribution in [0, 0.1) is 0 Å². The molecule has 1 rings (SSSR count). The third-order valence-electron chi connectivity index (χ3n) is 1.72. The molecule has 0 aromatic carbocycles. The molecule has 0 aliphatic rings. The van der Waals surface area contributed by atoms with Gasteiger partial charge >= 0.3 is 0 Å². The fourth-order valence-corrected chi connectivity index (χ4v) is 4.69. The standard InChI is InChI=1S/C8H11BrSSi/c1-4-11(2,3)8-6-5-7(9)10-8/h4-6H,1H2,2-3H3. The van der Waals surface area contributed by atoms with Crippen molar-refractivity contribution < 1.29 is 0 Å². The van der Waals surface area contributed by atoms with Gasteiger partial charge in [-0.2, -0.15) is 0 Å². The van der Waals surface area contributed by atoms with Gasteiger partial charge in [-0.05, 0) is 26.5 Å². The topological polar surface area (TPSA) is 0 Å². The molecule has 0 N–H and O–H groups in total. The van der Waals surface area contributed by atoms with E-state index >= 15 is 0 Å². The molecule has 0 aliphatic heterocycles. The summed E-state index contributed by atoms with van der Waals surface area (Å²) in [4.78, 5) is 0. The van der Waals surface area contributed by atoms with Crippen molar-refractivity contribution in [1.29, 1.82) is 0 Å². The average molecular weight is 247 g/mol. The SMILES string of the molecule is C=C[Si](C)(C)c1ccc(Br)s1. The van der Waals surface area contributed by atoms with Crippen LogP contribution in [0.1, 0.15) is 0 Å². The third-order valence-corrected chi connectivity index (χ3v) is 7.50. The van der Waals surface area contributed by atoms with Gasteiger partial charge in [0.25, 0.3) is 0 Å². The van der Waals surface area contributed by atoms with Crippen molar-refractivity contribution in [1.82, 2.24) is 0 Å². The number of thiophene rings is 1. The summed E-state index contributed by atoms with van der Waals surface area (Å²) < 4.78 is 2.70. The van der Waals surface area contributed by atoms with Gasteiger partial charge in [-0.1, -0.05) is 24.9 Å². The minimum Gasteiger partial charge on any atom is -0.138 e. The lowest BCUT2D eigenvalue weighted by molar-refractivity contribution is 1.86. The van der Waals surface area contributed by atoms with Gasteiger partial charge in [-0.25, -0.2) is 0 Å². The summed E-state index contributed by atoms with van der Waals surface area (Å²) in [6.07, 6.45) is 0. The van der Waals surface area contributed by atoms with Crippen LogP contribution >= 0.6 is 27.3 Å². The van der Waals surface area contributed by atoms with Crippen molar-refractivity contribution in [3.8, 4) is 0 Å². The van der Waals surface area contributed by atoms with Crippen LogP contribution in [0.25, 0.3) is 0 Å². The zero-order valence-electron chi connectivity index (χ0n) is 6.73. The second-order valence-corrected chi connectivity index (χ2v) is 10.2. The number of halogens is 1. The van der Waals surface area contributed by atoms with Gasteiger partial charge < -0.3 is 0 Å². The van der Waals surface area contributed by atoms with E-state index in [1.807, 2.05) is 11.3 Å². The van der Waals surface area contributed by atoms with Crippen LogP contribution in [-0.4, -0.2) is 8.07 Å². The second-order valence-electron chi connectivity index (χ2n) is 3.03. The molecule has 11 heavy (non-hydrogen) atoms. The highest BCUT2D eigenvalue weighted by Gasteiger charge is 2.20. The highest BCUT2D eigenvalue weighted by Crippen LogP contribution is 2.18. The number of rotatable bonds is 2. The normalized spacial score (nSPS) is 11.5. The lowest BCUT2D eigenvalue weighted by atomic mass is 10.7. The first-order chi connectivity index (χ1) is 5.06. The van der Waals surface area contributed by atoms with E-state index in [0.29, 0.717) is 0 Å². The lowest BCUT2D eigenvalue weighted by Crippen LogP contribution is -2.36. The van der Waals surface area contributed by atoms with Gasteiger partial charge in [0.05, 0.1) is 3.79 Å². The van der Waals surface area contributed by atoms with E-state index in [4.69, 9.17) is 0 Å². The highest BCUT2D eigenvalue weighted by molar-refractivity contribution is 9.11. The van der Waals surface area contributed by atoms with E-state index in [2.05, 4.69) is 53.4 Å². The molecule has 0 nitrogen and oxygen atoms in total. The first kappa shape index (κ1) is 9.23. The molecule has 0 saturated carbocycles. The Morgan fingerprint density at radius 2 is 2.18 bits per heavy atom. The van der Waals surface area contributed by atoms with Crippen LogP contribution in [0.2, 0.25) is 13.1 Å². The Morgan fingerprint density at radius 1 is 1.55 bits per heavy atom. The van der Waals surface area contributed by atoms with E-state index in [1.165, 1.54) is 8.29 Å². The minimum atomic E-state index is -1.28. The Kier molecular flexibility index (Phi) is 2.73. The number of hydrogen-bond acceptors (Lipinski definition) is 1. The number of hydrogen-bond donors (Lipinski definition) is 0. The molecule has 0 spiro atoms. The van der Waals surface area contributed by atoms with Crippen LogP contribution in [0.15, 0.2) is 28.2 Å². The van der Waals surface area contributed by atoms with Crippen molar-refractivity contribution >= 4 is 39.8 Å². The molecule has 1 aromatic heterocycles. The van der Waals surface area contributed by atoms with Gasteiger partial charge in [0, 0.05) is 0 Å². The largest absolute Gasteiger partial charge is 0.138 e. The smallest absolute Gasteiger partial charge is 0.116 e. The van der Waals surface area contributed by atoms with Crippen molar-refractivity contribution in [2.45, 2.75) is 13.1 Å². The van der Waals surface area contributed by atoms with Crippen LogP contribution in [0.4, 0.5) is 0 Å². The summed E-state index contributed by atoms with van der Waals surface area (Å²) in [5.74, 6) is 0. The average Bonchev–Trinajstić information content (AvgIpc) is 2.36. The molecule has 0 saturated heterocycles. The molecule has 60 valence electrons. The molecule has 0 bridgehead atoms. The summed E-state index contributed by atoms with van der Waals surface area (Å²) in [6, 6.07) is 4.31. The van der Waals surface area contributed by atoms with Crippen molar-refractivity contribution in [3.63, 3.8) is 0 Å². The Bertz CT molecular complexity index is 265. The Labute approximate surface area is 81.1 Å². The summed E-state index contributed by atoms with van der Waals surface area (Å²) >= 11 is 5.29. The molecule has 0 atom stereocenters. The van der Waals surface area contributed by atoms with E-state index in [-0.39, 0.29) is 0 Å². The Balaban J connectivity index is 3.01. The highest BCUT2D eigenvalue weighted by atomic mass is 79.9. The first-order valence-corrected chi connectivity index (χ1v) is 8.14. The van der Waals surface area contributed by atoms with E-state index in [0.717, 1.165) is 0 Å². The van der Waals surface area contributed by atoms with Crippen molar-refractivity contribution in [2.24, 2.45) is 0 Å². The maximum atomic E-state index is 3.87. The first-order valence-electron chi connectivity index (χ1n) is 3.45.